The lowest BCUT2D eigenvalue weighted by Crippen LogP contribution is -2.39. The van der Waals surface area contributed by atoms with Gasteiger partial charge in [-0.3, -0.25) is 4.79 Å². The van der Waals surface area contributed by atoms with Crippen LogP contribution in [0.5, 0.6) is 0 Å². The predicted octanol–water partition coefficient (Wildman–Crippen LogP) is 4.87. The number of ketones is 1. The standard InChI is InChI=1S/C22H25NO3/c1-22(2,3)26-21(25)23-19(15-14-17-10-6-4-7-11-17)16-20(24)18-12-8-5-9-13-18/h4-15,19H,16H2,1-3H3,(H,23,25)/b15-14+. The Morgan fingerprint density at radius 2 is 1.58 bits per heavy atom. The second-order valence-corrected chi connectivity index (χ2v) is 7.02. The van der Waals surface area contributed by atoms with Crippen LogP contribution in [0.4, 0.5) is 4.79 Å². The van der Waals surface area contributed by atoms with Crippen LogP contribution in [0.15, 0.2) is 66.7 Å². The molecule has 1 unspecified atom stereocenters. The highest BCUT2D eigenvalue weighted by Gasteiger charge is 2.20. The number of ether oxygens (including phenoxy) is 1. The fourth-order valence-electron chi connectivity index (χ4n) is 2.36. The zero-order chi connectivity index (χ0) is 19.0. The lowest BCUT2D eigenvalue weighted by atomic mass is 10.0. The van der Waals surface area contributed by atoms with Crippen LogP contribution in [-0.2, 0) is 4.74 Å². The molecule has 2 aromatic carbocycles. The summed E-state index contributed by atoms with van der Waals surface area (Å²) in [6.07, 6.45) is 3.33. The number of nitrogens with one attached hydrogen (secondary N) is 1. The quantitative estimate of drug-likeness (QED) is 0.756. The number of Topliss-reactive ketones (excluding diaryl/α,β-unsaturated/α-hetero) is 1. The molecule has 0 aliphatic carbocycles. The maximum atomic E-state index is 12.5. The van der Waals surface area contributed by atoms with Crippen molar-refractivity contribution in [1.29, 1.82) is 0 Å². The first kappa shape index (κ1) is 19.4. The van der Waals surface area contributed by atoms with Crippen LogP contribution in [0.3, 0.4) is 0 Å². The summed E-state index contributed by atoms with van der Waals surface area (Å²) < 4.78 is 5.31. The molecule has 136 valence electrons. The third-order valence-corrected chi connectivity index (χ3v) is 3.52. The third kappa shape index (κ3) is 6.93. The molecule has 0 heterocycles. The van der Waals surface area contributed by atoms with E-state index < -0.39 is 17.7 Å². The van der Waals surface area contributed by atoms with Gasteiger partial charge in [0.25, 0.3) is 0 Å². The van der Waals surface area contributed by atoms with Crippen molar-refractivity contribution >= 4 is 18.0 Å². The molecule has 1 amide bonds. The van der Waals surface area contributed by atoms with Crippen LogP contribution in [0.1, 0.15) is 43.1 Å². The van der Waals surface area contributed by atoms with Gasteiger partial charge in [0.05, 0.1) is 6.04 Å². The second-order valence-electron chi connectivity index (χ2n) is 7.02. The summed E-state index contributed by atoms with van der Waals surface area (Å²) in [6, 6.07) is 18.3. The largest absolute Gasteiger partial charge is 0.444 e. The Kier molecular flexibility index (Phi) is 6.73. The van der Waals surface area contributed by atoms with Crippen LogP contribution in [0, 0.1) is 0 Å². The maximum Gasteiger partial charge on any atom is 0.408 e. The number of amides is 1. The van der Waals surface area contributed by atoms with E-state index in [2.05, 4.69) is 5.32 Å². The average molecular weight is 351 g/mol. The molecule has 0 spiro atoms. The van der Waals surface area contributed by atoms with E-state index in [-0.39, 0.29) is 12.2 Å². The number of hydrogen-bond acceptors (Lipinski definition) is 3. The van der Waals surface area contributed by atoms with Gasteiger partial charge >= 0.3 is 6.09 Å². The minimum absolute atomic E-state index is 0.0376. The molecule has 1 atom stereocenters. The smallest absolute Gasteiger partial charge is 0.408 e. The normalized spacial score (nSPS) is 12.6. The number of rotatable bonds is 6. The van der Waals surface area contributed by atoms with E-state index in [1.165, 1.54) is 0 Å². The van der Waals surface area contributed by atoms with Gasteiger partial charge in [0, 0.05) is 12.0 Å². The highest BCUT2D eigenvalue weighted by atomic mass is 16.6. The maximum absolute atomic E-state index is 12.5. The highest BCUT2D eigenvalue weighted by molar-refractivity contribution is 5.96. The zero-order valence-electron chi connectivity index (χ0n) is 15.4. The minimum atomic E-state index is -0.596. The van der Waals surface area contributed by atoms with Crippen molar-refractivity contribution in [1.82, 2.24) is 5.32 Å². The molecular formula is C22H25NO3. The van der Waals surface area contributed by atoms with Gasteiger partial charge in [0.2, 0.25) is 0 Å². The molecule has 0 aliphatic heterocycles. The molecular weight excluding hydrogens is 326 g/mol. The third-order valence-electron chi connectivity index (χ3n) is 3.52. The minimum Gasteiger partial charge on any atom is -0.444 e. The van der Waals surface area contributed by atoms with Gasteiger partial charge in [-0.15, -0.1) is 0 Å². The molecule has 1 N–H and O–H groups in total. The summed E-state index contributed by atoms with van der Waals surface area (Å²) >= 11 is 0. The molecule has 0 aliphatic rings. The van der Waals surface area contributed by atoms with Gasteiger partial charge < -0.3 is 10.1 Å². The van der Waals surface area contributed by atoms with E-state index in [0.717, 1.165) is 5.56 Å². The summed E-state index contributed by atoms with van der Waals surface area (Å²) in [5.41, 5.74) is 1.02. The zero-order valence-corrected chi connectivity index (χ0v) is 15.4. The van der Waals surface area contributed by atoms with E-state index in [1.54, 1.807) is 32.9 Å². The fourth-order valence-corrected chi connectivity index (χ4v) is 2.36. The molecule has 26 heavy (non-hydrogen) atoms. The Labute approximate surface area is 154 Å². The number of benzene rings is 2. The first-order valence-electron chi connectivity index (χ1n) is 8.64. The Morgan fingerprint density at radius 1 is 1.00 bits per heavy atom. The van der Waals surface area contributed by atoms with Crippen molar-refractivity contribution in [2.24, 2.45) is 0 Å². The van der Waals surface area contributed by atoms with E-state index in [4.69, 9.17) is 4.74 Å². The van der Waals surface area contributed by atoms with Gasteiger partial charge in [-0.25, -0.2) is 4.79 Å². The van der Waals surface area contributed by atoms with Gasteiger partial charge in [-0.05, 0) is 26.3 Å². The van der Waals surface area contributed by atoms with E-state index in [9.17, 15) is 9.59 Å². The lowest BCUT2D eigenvalue weighted by molar-refractivity contribution is 0.0513. The van der Waals surface area contributed by atoms with Gasteiger partial charge in [0.15, 0.2) is 5.78 Å². The van der Waals surface area contributed by atoms with Crippen molar-refractivity contribution in [2.75, 3.05) is 0 Å². The molecule has 0 saturated carbocycles. The lowest BCUT2D eigenvalue weighted by Gasteiger charge is -2.22. The summed E-state index contributed by atoms with van der Waals surface area (Å²) in [5.74, 6) is -0.0376. The topological polar surface area (TPSA) is 55.4 Å². The number of carbonyl (C=O) groups excluding carboxylic acids is 2. The van der Waals surface area contributed by atoms with Gasteiger partial charge in [-0.2, -0.15) is 0 Å². The Morgan fingerprint density at radius 3 is 2.15 bits per heavy atom. The molecule has 4 heteroatoms. The predicted molar refractivity (Wildman–Crippen MR) is 104 cm³/mol. The van der Waals surface area contributed by atoms with Crippen LogP contribution in [-0.4, -0.2) is 23.5 Å². The van der Waals surface area contributed by atoms with Gasteiger partial charge in [0.1, 0.15) is 5.60 Å². The number of hydrogen-bond donors (Lipinski definition) is 1. The fraction of sp³-hybridized carbons (Fsp3) is 0.273. The summed E-state index contributed by atoms with van der Waals surface area (Å²) in [7, 11) is 0. The molecule has 0 saturated heterocycles. The van der Waals surface area contributed by atoms with E-state index >= 15 is 0 Å². The van der Waals surface area contributed by atoms with E-state index in [1.807, 2.05) is 60.7 Å². The van der Waals surface area contributed by atoms with Crippen molar-refractivity contribution in [3.63, 3.8) is 0 Å². The van der Waals surface area contributed by atoms with Crippen LogP contribution < -0.4 is 5.32 Å². The molecule has 2 aromatic rings. The monoisotopic (exact) mass is 351 g/mol. The molecule has 0 aromatic heterocycles. The Hall–Kier alpha value is -2.88. The van der Waals surface area contributed by atoms with Crippen molar-refractivity contribution in [3.05, 3.63) is 77.9 Å². The van der Waals surface area contributed by atoms with Crippen LogP contribution >= 0.6 is 0 Å². The van der Waals surface area contributed by atoms with E-state index in [0.29, 0.717) is 5.56 Å². The van der Waals surface area contributed by atoms with Crippen LogP contribution in [0.2, 0.25) is 0 Å². The Bertz CT molecular complexity index is 746. The molecule has 0 fully saturated rings. The Balaban J connectivity index is 2.11. The second kappa shape index (κ2) is 8.99. The molecule has 0 radical (unpaired) electrons. The molecule has 4 nitrogen and oxygen atoms in total. The molecule has 0 bridgehead atoms. The van der Waals surface area contributed by atoms with Crippen molar-refractivity contribution in [3.8, 4) is 0 Å². The van der Waals surface area contributed by atoms with Crippen LogP contribution in [0.25, 0.3) is 6.08 Å². The molecule has 2 rings (SSSR count). The number of alkyl carbamates (subject to hydrolysis) is 1. The first-order valence-corrected chi connectivity index (χ1v) is 8.64. The summed E-state index contributed by atoms with van der Waals surface area (Å²) in [4.78, 5) is 24.6. The highest BCUT2D eigenvalue weighted by Crippen LogP contribution is 2.11. The summed E-state index contributed by atoms with van der Waals surface area (Å²) in [6.45, 7) is 5.41. The average Bonchev–Trinajstić information content (AvgIpc) is 2.59. The number of carbonyl (C=O) groups is 2. The SMILES string of the molecule is CC(C)(C)OC(=O)NC(/C=C/c1ccccc1)CC(=O)c1ccccc1. The first-order chi connectivity index (χ1) is 12.3. The van der Waals surface area contributed by atoms with Crippen molar-refractivity contribution in [2.45, 2.75) is 38.8 Å². The van der Waals surface area contributed by atoms with Gasteiger partial charge in [-0.1, -0.05) is 72.8 Å². The van der Waals surface area contributed by atoms with Crippen molar-refractivity contribution < 1.29 is 14.3 Å². The summed E-state index contributed by atoms with van der Waals surface area (Å²) in [5, 5.41) is 2.78.